The molecule has 0 amide bonds. The Labute approximate surface area is 204 Å². The summed E-state index contributed by atoms with van der Waals surface area (Å²) in [6.07, 6.45) is 0. The van der Waals surface area contributed by atoms with Crippen molar-refractivity contribution in [3.05, 3.63) is 84.2 Å². The van der Waals surface area contributed by atoms with E-state index >= 15 is 0 Å². The van der Waals surface area contributed by atoms with Crippen LogP contribution in [-0.2, 0) is 13.2 Å². The first-order valence-electron chi connectivity index (χ1n) is 9.08. The van der Waals surface area contributed by atoms with Crippen LogP contribution in [0, 0.1) is 0 Å². The smallest absolute Gasteiger partial charge is 0.175 e. The van der Waals surface area contributed by atoms with E-state index < -0.39 is 0 Å². The third-order valence-electron chi connectivity index (χ3n) is 4.15. The summed E-state index contributed by atoms with van der Waals surface area (Å²) in [4.78, 5) is 0. The monoisotopic (exact) mass is 547 g/mol. The number of halogens is 5. The van der Waals surface area contributed by atoms with Crippen LogP contribution in [0.5, 0.6) is 11.5 Å². The fraction of sp³-hybridized carbons (Fsp3) is 0.182. The van der Waals surface area contributed by atoms with Crippen LogP contribution in [0.3, 0.4) is 0 Å². The van der Waals surface area contributed by atoms with Crippen molar-refractivity contribution in [3.63, 3.8) is 0 Å². The van der Waals surface area contributed by atoms with E-state index in [0.29, 0.717) is 51.3 Å². The second-order valence-corrected chi connectivity index (χ2v) is 8.87. The van der Waals surface area contributed by atoms with Gasteiger partial charge in [0.15, 0.2) is 11.5 Å². The van der Waals surface area contributed by atoms with Gasteiger partial charge in [0.25, 0.3) is 0 Å². The van der Waals surface area contributed by atoms with Crippen molar-refractivity contribution in [2.75, 3.05) is 11.9 Å². The van der Waals surface area contributed by atoms with Gasteiger partial charge in [0.05, 0.1) is 31.8 Å². The summed E-state index contributed by atoms with van der Waals surface area (Å²) in [6, 6.07) is 14.7. The van der Waals surface area contributed by atoms with Gasteiger partial charge in [-0.2, -0.15) is 0 Å². The predicted octanol–water partition coefficient (Wildman–Crippen LogP) is 8.65. The van der Waals surface area contributed by atoms with E-state index in [4.69, 9.17) is 55.9 Å². The van der Waals surface area contributed by atoms with Gasteiger partial charge in [0, 0.05) is 11.6 Å². The highest BCUT2D eigenvalue weighted by molar-refractivity contribution is 9.10. The van der Waals surface area contributed by atoms with Crippen molar-refractivity contribution in [1.82, 2.24) is 0 Å². The lowest BCUT2D eigenvalue weighted by atomic mass is 10.2. The van der Waals surface area contributed by atoms with Gasteiger partial charge in [-0.25, -0.2) is 0 Å². The molecule has 0 radical (unpaired) electrons. The molecule has 1 N–H and O–H groups in total. The summed E-state index contributed by atoms with van der Waals surface area (Å²) < 4.78 is 12.6. The molecule has 0 aliphatic carbocycles. The van der Waals surface area contributed by atoms with Crippen molar-refractivity contribution in [2.45, 2.75) is 20.1 Å². The molecule has 0 unspecified atom stereocenters. The van der Waals surface area contributed by atoms with Crippen molar-refractivity contribution in [1.29, 1.82) is 0 Å². The summed E-state index contributed by atoms with van der Waals surface area (Å²) in [6.45, 7) is 3.31. The minimum absolute atomic E-state index is 0.327. The minimum atomic E-state index is 0.327. The molecule has 8 heteroatoms. The van der Waals surface area contributed by atoms with Gasteiger partial charge < -0.3 is 14.8 Å². The molecule has 0 atom stereocenters. The number of nitrogens with one attached hydrogen (secondary N) is 1. The highest BCUT2D eigenvalue weighted by atomic mass is 79.9. The van der Waals surface area contributed by atoms with Gasteiger partial charge >= 0.3 is 0 Å². The molecule has 0 saturated heterocycles. The molecule has 3 rings (SSSR count). The summed E-state index contributed by atoms with van der Waals surface area (Å²) in [5, 5.41) is 5.46. The van der Waals surface area contributed by atoms with Gasteiger partial charge in [-0.15, -0.1) is 0 Å². The summed E-state index contributed by atoms with van der Waals surface area (Å²) >= 11 is 27.9. The molecule has 0 aliphatic rings. The van der Waals surface area contributed by atoms with E-state index in [1.807, 2.05) is 31.2 Å². The Bertz CT molecular complexity index is 1050. The Kier molecular flexibility index (Phi) is 8.44. The lowest BCUT2D eigenvalue weighted by Crippen LogP contribution is -2.04. The molecular formula is C22H18BrCl4NO2. The number of anilines is 1. The van der Waals surface area contributed by atoms with Gasteiger partial charge in [0.2, 0.25) is 0 Å². The fourth-order valence-electron chi connectivity index (χ4n) is 2.74. The van der Waals surface area contributed by atoms with Crippen molar-refractivity contribution < 1.29 is 9.47 Å². The first kappa shape index (κ1) is 23.4. The molecule has 0 spiro atoms. The maximum Gasteiger partial charge on any atom is 0.175 e. The Morgan fingerprint density at radius 2 is 1.63 bits per heavy atom. The van der Waals surface area contributed by atoms with Gasteiger partial charge in [0.1, 0.15) is 6.61 Å². The minimum Gasteiger partial charge on any atom is -0.490 e. The molecule has 0 heterocycles. The van der Waals surface area contributed by atoms with E-state index in [0.717, 1.165) is 21.3 Å². The molecule has 3 aromatic carbocycles. The zero-order valence-electron chi connectivity index (χ0n) is 15.9. The highest BCUT2D eigenvalue weighted by Crippen LogP contribution is 2.38. The van der Waals surface area contributed by atoms with Crippen molar-refractivity contribution in [3.8, 4) is 11.5 Å². The third kappa shape index (κ3) is 6.12. The SMILES string of the molecule is CCOc1cc(CNc2ccc(Cl)cc2Cl)cc(Br)c1OCc1ccc(Cl)c(Cl)c1. The number of hydrogen-bond acceptors (Lipinski definition) is 3. The third-order valence-corrected chi connectivity index (χ3v) is 6.03. The lowest BCUT2D eigenvalue weighted by molar-refractivity contribution is 0.267. The maximum absolute atomic E-state index is 6.23. The van der Waals surface area contributed by atoms with E-state index in [-0.39, 0.29) is 0 Å². The first-order valence-corrected chi connectivity index (χ1v) is 11.4. The molecule has 30 heavy (non-hydrogen) atoms. The van der Waals surface area contributed by atoms with Crippen LogP contribution in [0.25, 0.3) is 0 Å². The van der Waals surface area contributed by atoms with Crippen LogP contribution >= 0.6 is 62.3 Å². The lowest BCUT2D eigenvalue weighted by Gasteiger charge is -2.16. The topological polar surface area (TPSA) is 30.5 Å². The molecule has 0 saturated carbocycles. The van der Waals surface area contributed by atoms with Crippen molar-refractivity contribution in [2.24, 2.45) is 0 Å². The predicted molar refractivity (Wildman–Crippen MR) is 130 cm³/mol. The number of ether oxygens (including phenoxy) is 2. The van der Waals surface area contributed by atoms with E-state index in [2.05, 4.69) is 21.2 Å². The Hall–Kier alpha value is -1.30. The Balaban J connectivity index is 1.76. The average Bonchev–Trinajstić information content (AvgIpc) is 2.69. The number of rotatable bonds is 8. The summed E-state index contributed by atoms with van der Waals surface area (Å²) in [5.41, 5.74) is 2.70. The summed E-state index contributed by atoms with van der Waals surface area (Å²) in [7, 11) is 0. The standard InChI is InChI=1S/C22H18BrCl4NO2/c1-2-29-21-9-14(11-28-20-6-4-15(24)10-19(20)27)7-16(23)22(21)30-12-13-3-5-17(25)18(26)8-13/h3-10,28H,2,11-12H2,1H3. The van der Waals surface area contributed by atoms with Crippen LogP contribution in [0.2, 0.25) is 20.1 Å². The van der Waals surface area contributed by atoms with Crippen LogP contribution in [0.15, 0.2) is 53.0 Å². The summed E-state index contributed by atoms with van der Waals surface area (Å²) in [5.74, 6) is 1.27. The Morgan fingerprint density at radius 1 is 0.833 bits per heavy atom. The molecule has 158 valence electrons. The zero-order chi connectivity index (χ0) is 21.7. The molecular weight excluding hydrogens is 532 g/mol. The second-order valence-electron chi connectivity index (χ2n) is 6.35. The largest absolute Gasteiger partial charge is 0.490 e. The van der Waals surface area contributed by atoms with Crippen molar-refractivity contribution >= 4 is 68.0 Å². The normalized spacial score (nSPS) is 10.7. The van der Waals surface area contributed by atoms with Crippen LogP contribution in [0.4, 0.5) is 5.69 Å². The highest BCUT2D eigenvalue weighted by Gasteiger charge is 2.13. The molecule has 0 aliphatic heterocycles. The van der Waals surface area contributed by atoms with Crippen LogP contribution < -0.4 is 14.8 Å². The molecule has 0 aromatic heterocycles. The molecule has 3 nitrogen and oxygen atoms in total. The van der Waals surface area contributed by atoms with Crippen LogP contribution in [-0.4, -0.2) is 6.61 Å². The fourth-order valence-corrected chi connectivity index (χ4v) is 4.14. The number of benzene rings is 3. The molecule has 0 fully saturated rings. The Morgan fingerprint density at radius 3 is 2.33 bits per heavy atom. The zero-order valence-corrected chi connectivity index (χ0v) is 20.6. The number of hydrogen-bond donors (Lipinski definition) is 1. The van der Waals surface area contributed by atoms with E-state index in [9.17, 15) is 0 Å². The molecule has 0 bridgehead atoms. The van der Waals surface area contributed by atoms with Crippen LogP contribution in [0.1, 0.15) is 18.1 Å². The molecule has 3 aromatic rings. The van der Waals surface area contributed by atoms with E-state index in [1.165, 1.54) is 0 Å². The first-order chi connectivity index (χ1) is 14.4. The second kappa shape index (κ2) is 10.8. The van der Waals surface area contributed by atoms with Gasteiger partial charge in [-0.3, -0.25) is 0 Å². The maximum atomic E-state index is 6.23. The van der Waals surface area contributed by atoms with Gasteiger partial charge in [-0.1, -0.05) is 52.5 Å². The van der Waals surface area contributed by atoms with E-state index in [1.54, 1.807) is 24.3 Å². The average molecular weight is 550 g/mol. The van der Waals surface area contributed by atoms with Gasteiger partial charge in [-0.05, 0) is 76.4 Å². The quantitative estimate of drug-likeness (QED) is 0.305.